The summed E-state index contributed by atoms with van der Waals surface area (Å²) in [7, 11) is 2.20. The van der Waals surface area contributed by atoms with Gasteiger partial charge in [0.25, 0.3) is 0 Å². The molecule has 0 bridgehead atoms. The summed E-state index contributed by atoms with van der Waals surface area (Å²) in [6.45, 7) is 7.93. The maximum atomic E-state index is 3.59. The van der Waals surface area contributed by atoms with E-state index in [2.05, 4.69) is 55.4 Å². The van der Waals surface area contributed by atoms with Crippen LogP contribution < -0.4 is 5.32 Å². The van der Waals surface area contributed by atoms with Crippen LogP contribution in [0, 0.1) is 0 Å². The van der Waals surface area contributed by atoms with Gasteiger partial charge in [0.2, 0.25) is 0 Å². The van der Waals surface area contributed by atoms with Gasteiger partial charge in [-0.1, -0.05) is 26.0 Å². The average Bonchev–Trinajstić information content (AvgIpc) is 2.37. The Labute approximate surface area is 115 Å². The molecule has 1 N–H and O–H groups in total. The zero-order valence-corrected chi connectivity index (χ0v) is 12.5. The van der Waals surface area contributed by atoms with Crippen molar-refractivity contribution in [3.05, 3.63) is 29.8 Å². The number of thioether (sulfide) groups is 1. The second-order valence-electron chi connectivity index (χ2n) is 5.45. The minimum absolute atomic E-state index is 0.623. The summed E-state index contributed by atoms with van der Waals surface area (Å²) in [5, 5.41) is 3.59. The third-order valence-corrected chi connectivity index (χ3v) is 4.63. The van der Waals surface area contributed by atoms with Gasteiger partial charge in [0.1, 0.15) is 0 Å². The van der Waals surface area contributed by atoms with Crippen LogP contribution in [0.3, 0.4) is 0 Å². The quantitative estimate of drug-likeness (QED) is 0.842. The van der Waals surface area contributed by atoms with Crippen LogP contribution in [0.4, 0.5) is 0 Å². The van der Waals surface area contributed by atoms with Crippen LogP contribution in [0.2, 0.25) is 0 Å². The van der Waals surface area contributed by atoms with Gasteiger partial charge < -0.3 is 10.2 Å². The van der Waals surface area contributed by atoms with Gasteiger partial charge in [-0.2, -0.15) is 0 Å². The number of nitrogens with one attached hydrogen (secondary N) is 1. The summed E-state index contributed by atoms with van der Waals surface area (Å²) in [4.78, 5) is 3.79. The van der Waals surface area contributed by atoms with Gasteiger partial charge >= 0.3 is 0 Å². The molecule has 0 aliphatic carbocycles. The van der Waals surface area contributed by atoms with Crippen molar-refractivity contribution in [3.8, 4) is 0 Å². The van der Waals surface area contributed by atoms with Crippen LogP contribution in [0.25, 0.3) is 0 Å². The molecule has 1 aliphatic heterocycles. The van der Waals surface area contributed by atoms with Crippen LogP contribution in [0.15, 0.2) is 29.2 Å². The summed E-state index contributed by atoms with van der Waals surface area (Å²) < 4.78 is 0. The monoisotopic (exact) mass is 264 g/mol. The number of rotatable bonds is 4. The molecule has 100 valence electrons. The van der Waals surface area contributed by atoms with Crippen molar-refractivity contribution in [1.82, 2.24) is 10.2 Å². The van der Waals surface area contributed by atoms with Gasteiger partial charge in [-0.15, -0.1) is 11.8 Å². The molecule has 2 nitrogen and oxygen atoms in total. The highest BCUT2D eigenvalue weighted by atomic mass is 32.2. The lowest BCUT2D eigenvalue weighted by molar-refractivity contribution is 0.250. The lowest BCUT2D eigenvalue weighted by Gasteiger charge is -2.30. The maximum Gasteiger partial charge on any atom is 0.0289 e. The fourth-order valence-electron chi connectivity index (χ4n) is 2.25. The molecule has 1 fully saturated rings. The first-order valence-electron chi connectivity index (χ1n) is 6.80. The van der Waals surface area contributed by atoms with Gasteiger partial charge in [-0.05, 0) is 30.7 Å². The van der Waals surface area contributed by atoms with E-state index in [0.29, 0.717) is 12.0 Å². The van der Waals surface area contributed by atoms with E-state index in [-0.39, 0.29) is 0 Å². The average molecular weight is 264 g/mol. The predicted molar refractivity (Wildman–Crippen MR) is 80.5 cm³/mol. The third kappa shape index (κ3) is 4.01. The molecule has 0 saturated carbocycles. The van der Waals surface area contributed by atoms with Crippen LogP contribution >= 0.6 is 11.8 Å². The van der Waals surface area contributed by atoms with Crippen molar-refractivity contribution >= 4 is 11.8 Å². The minimum atomic E-state index is 0.623. The Bertz CT molecular complexity index is 361. The molecule has 1 aromatic rings. The van der Waals surface area contributed by atoms with Crippen LogP contribution in [0.1, 0.15) is 25.3 Å². The Hall–Kier alpha value is -0.510. The first kappa shape index (κ1) is 13.9. The minimum Gasteiger partial charge on any atom is -0.311 e. The lowest BCUT2D eigenvalue weighted by Crippen LogP contribution is -2.50. The van der Waals surface area contributed by atoms with Crippen molar-refractivity contribution in [2.24, 2.45) is 0 Å². The predicted octanol–water partition coefficient (Wildman–Crippen LogP) is 2.81. The Morgan fingerprint density at radius 2 is 2.06 bits per heavy atom. The topological polar surface area (TPSA) is 15.3 Å². The largest absolute Gasteiger partial charge is 0.311 e. The number of nitrogens with zero attached hydrogens (tertiary/aromatic N) is 1. The summed E-state index contributed by atoms with van der Waals surface area (Å²) >= 11 is 1.96. The first-order chi connectivity index (χ1) is 8.65. The molecule has 1 heterocycles. The Balaban J connectivity index is 1.82. The SMILES string of the molecule is CC(C)c1ccc(SCC2CN(C)CCN2)cc1. The molecule has 0 aromatic heterocycles. The molecule has 1 aromatic carbocycles. The van der Waals surface area contributed by atoms with Crippen LogP contribution in [-0.2, 0) is 0 Å². The number of piperazine rings is 1. The molecular formula is C15H24N2S. The van der Waals surface area contributed by atoms with Crippen molar-refractivity contribution < 1.29 is 0 Å². The molecule has 1 atom stereocenters. The molecule has 2 rings (SSSR count). The van der Waals surface area contributed by atoms with Crippen molar-refractivity contribution in [2.45, 2.75) is 30.7 Å². The van der Waals surface area contributed by atoms with E-state index in [0.717, 1.165) is 18.8 Å². The molecule has 0 radical (unpaired) electrons. The van der Waals surface area contributed by atoms with E-state index >= 15 is 0 Å². The summed E-state index contributed by atoms with van der Waals surface area (Å²) in [5.41, 5.74) is 1.43. The first-order valence-corrected chi connectivity index (χ1v) is 7.78. The van der Waals surface area contributed by atoms with Gasteiger partial charge in [-0.25, -0.2) is 0 Å². The third-order valence-electron chi connectivity index (χ3n) is 3.46. The highest BCUT2D eigenvalue weighted by Crippen LogP contribution is 2.22. The van der Waals surface area contributed by atoms with Gasteiger partial charge in [0, 0.05) is 36.3 Å². The van der Waals surface area contributed by atoms with Crippen molar-refractivity contribution in [3.63, 3.8) is 0 Å². The summed E-state index contributed by atoms with van der Waals surface area (Å²) in [6, 6.07) is 9.65. The maximum absolute atomic E-state index is 3.59. The van der Waals surface area contributed by atoms with E-state index < -0.39 is 0 Å². The van der Waals surface area contributed by atoms with Crippen molar-refractivity contribution in [1.29, 1.82) is 0 Å². The standard InChI is InChI=1S/C15H24N2S/c1-12(2)13-4-6-15(7-5-13)18-11-14-10-17(3)9-8-16-14/h4-7,12,14,16H,8-11H2,1-3H3. The van der Waals surface area contributed by atoms with E-state index in [1.165, 1.54) is 17.0 Å². The fourth-order valence-corrected chi connectivity index (χ4v) is 3.19. The smallest absolute Gasteiger partial charge is 0.0289 e. The number of benzene rings is 1. The van der Waals surface area contributed by atoms with E-state index in [1.54, 1.807) is 0 Å². The highest BCUT2D eigenvalue weighted by molar-refractivity contribution is 7.99. The molecule has 1 unspecified atom stereocenters. The molecule has 18 heavy (non-hydrogen) atoms. The van der Waals surface area contributed by atoms with E-state index in [9.17, 15) is 0 Å². The molecule has 0 spiro atoms. The van der Waals surface area contributed by atoms with Gasteiger partial charge in [0.15, 0.2) is 0 Å². The zero-order valence-electron chi connectivity index (χ0n) is 11.6. The second-order valence-corrected chi connectivity index (χ2v) is 6.54. The molecule has 3 heteroatoms. The summed E-state index contributed by atoms with van der Waals surface area (Å²) in [6.07, 6.45) is 0. The lowest BCUT2D eigenvalue weighted by atomic mass is 10.0. The molecule has 1 aliphatic rings. The van der Waals surface area contributed by atoms with Crippen LogP contribution in [0.5, 0.6) is 0 Å². The zero-order chi connectivity index (χ0) is 13.0. The van der Waals surface area contributed by atoms with Gasteiger partial charge in [-0.3, -0.25) is 0 Å². The number of likely N-dealkylation sites (N-methyl/N-ethyl adjacent to an activating group) is 1. The number of hydrogen-bond donors (Lipinski definition) is 1. The second kappa shape index (κ2) is 6.60. The molecular weight excluding hydrogens is 240 g/mol. The van der Waals surface area contributed by atoms with E-state index in [4.69, 9.17) is 0 Å². The Kier molecular flexibility index (Phi) is 5.10. The van der Waals surface area contributed by atoms with Crippen molar-refractivity contribution in [2.75, 3.05) is 32.4 Å². The van der Waals surface area contributed by atoms with Crippen LogP contribution in [-0.4, -0.2) is 43.4 Å². The fraction of sp³-hybridized carbons (Fsp3) is 0.600. The normalized spacial score (nSPS) is 21.4. The van der Waals surface area contributed by atoms with E-state index in [1.807, 2.05) is 11.8 Å². The Morgan fingerprint density at radius 3 is 2.67 bits per heavy atom. The molecule has 0 amide bonds. The Morgan fingerprint density at radius 1 is 1.33 bits per heavy atom. The summed E-state index contributed by atoms with van der Waals surface area (Å²) in [5.74, 6) is 1.78. The highest BCUT2D eigenvalue weighted by Gasteiger charge is 2.16. The van der Waals surface area contributed by atoms with Gasteiger partial charge in [0.05, 0.1) is 0 Å². The molecule has 1 saturated heterocycles. The number of hydrogen-bond acceptors (Lipinski definition) is 3.